The molecule has 52 valence electrons. The van der Waals surface area contributed by atoms with Gasteiger partial charge in [-0.2, -0.15) is 0 Å². The van der Waals surface area contributed by atoms with Crippen molar-refractivity contribution < 1.29 is 0 Å². The molecule has 2 atom stereocenters. The number of nitrogens with two attached hydrogens (primary N) is 1. The van der Waals surface area contributed by atoms with Gasteiger partial charge in [0, 0.05) is 5.70 Å². The number of hydrogen-bond acceptors (Lipinski definition) is 1. The molecule has 0 saturated carbocycles. The van der Waals surface area contributed by atoms with Gasteiger partial charge in [0.2, 0.25) is 0 Å². The van der Waals surface area contributed by atoms with Crippen molar-refractivity contribution >= 4 is 0 Å². The Labute approximate surface area is 56.9 Å². The van der Waals surface area contributed by atoms with Gasteiger partial charge in [0.25, 0.3) is 0 Å². The molecule has 1 rings (SSSR count). The Balaban J connectivity index is 2.54. The normalized spacial score (nSPS) is 36.0. The van der Waals surface area contributed by atoms with Crippen LogP contribution in [0.25, 0.3) is 0 Å². The van der Waals surface area contributed by atoms with Gasteiger partial charge in [0.15, 0.2) is 0 Å². The minimum atomic E-state index is 0.787. The van der Waals surface area contributed by atoms with E-state index in [0.717, 1.165) is 24.0 Å². The number of hydrogen-bond donors (Lipinski definition) is 1. The molecule has 1 aliphatic carbocycles. The van der Waals surface area contributed by atoms with E-state index in [0.29, 0.717) is 0 Å². The third kappa shape index (κ3) is 1.47. The quantitative estimate of drug-likeness (QED) is 0.525. The molecular formula is C8H15N. The van der Waals surface area contributed by atoms with Crippen molar-refractivity contribution in [1.82, 2.24) is 0 Å². The lowest BCUT2D eigenvalue weighted by Crippen LogP contribution is -2.16. The van der Waals surface area contributed by atoms with Crippen molar-refractivity contribution in [2.45, 2.75) is 26.7 Å². The molecule has 0 aromatic rings. The maximum atomic E-state index is 5.65. The van der Waals surface area contributed by atoms with Crippen LogP contribution in [0.3, 0.4) is 0 Å². The second kappa shape index (κ2) is 2.42. The van der Waals surface area contributed by atoms with Crippen molar-refractivity contribution in [2.24, 2.45) is 17.6 Å². The molecule has 9 heavy (non-hydrogen) atoms. The van der Waals surface area contributed by atoms with Crippen LogP contribution < -0.4 is 5.73 Å². The molecule has 0 spiro atoms. The van der Waals surface area contributed by atoms with Crippen LogP contribution in [-0.4, -0.2) is 0 Å². The molecule has 0 fully saturated rings. The molecule has 0 radical (unpaired) electrons. The summed E-state index contributed by atoms with van der Waals surface area (Å²) in [5.74, 6) is 1.62. The van der Waals surface area contributed by atoms with Gasteiger partial charge in [-0.1, -0.05) is 19.9 Å². The molecular weight excluding hydrogens is 110 g/mol. The SMILES string of the molecule is CC1CC=C(N)CC1C. The second-order valence-electron chi connectivity index (χ2n) is 3.17. The first kappa shape index (κ1) is 6.66. The molecule has 1 heteroatoms. The van der Waals surface area contributed by atoms with Crippen molar-refractivity contribution in [1.29, 1.82) is 0 Å². The van der Waals surface area contributed by atoms with Crippen molar-refractivity contribution in [3.05, 3.63) is 11.8 Å². The fourth-order valence-electron chi connectivity index (χ4n) is 1.23. The van der Waals surface area contributed by atoms with Crippen LogP contribution in [0.1, 0.15) is 26.7 Å². The second-order valence-corrected chi connectivity index (χ2v) is 3.17. The summed E-state index contributed by atoms with van der Waals surface area (Å²) in [4.78, 5) is 0. The largest absolute Gasteiger partial charge is 0.402 e. The van der Waals surface area contributed by atoms with Gasteiger partial charge >= 0.3 is 0 Å². The van der Waals surface area contributed by atoms with E-state index < -0.39 is 0 Å². The Morgan fingerprint density at radius 3 is 2.56 bits per heavy atom. The fourth-order valence-corrected chi connectivity index (χ4v) is 1.23. The third-order valence-electron chi connectivity index (χ3n) is 2.28. The van der Waals surface area contributed by atoms with Gasteiger partial charge in [0.05, 0.1) is 0 Å². The van der Waals surface area contributed by atoms with Crippen LogP contribution >= 0.6 is 0 Å². The van der Waals surface area contributed by atoms with Crippen LogP contribution in [-0.2, 0) is 0 Å². The highest BCUT2D eigenvalue weighted by Crippen LogP contribution is 2.26. The summed E-state index contributed by atoms with van der Waals surface area (Å²) < 4.78 is 0. The van der Waals surface area contributed by atoms with Crippen LogP contribution in [0.2, 0.25) is 0 Å². The minimum Gasteiger partial charge on any atom is -0.402 e. The highest BCUT2D eigenvalue weighted by molar-refractivity contribution is 5.02. The Hall–Kier alpha value is -0.460. The summed E-state index contributed by atoms with van der Waals surface area (Å²) in [6.07, 6.45) is 4.43. The lowest BCUT2D eigenvalue weighted by atomic mass is 9.85. The topological polar surface area (TPSA) is 26.0 Å². The van der Waals surface area contributed by atoms with Gasteiger partial charge in [-0.05, 0) is 24.7 Å². The smallest absolute Gasteiger partial charge is 0.00428 e. The summed E-state index contributed by atoms with van der Waals surface area (Å²) in [6, 6.07) is 0. The molecule has 0 amide bonds. The fraction of sp³-hybridized carbons (Fsp3) is 0.750. The van der Waals surface area contributed by atoms with Crippen molar-refractivity contribution in [3.63, 3.8) is 0 Å². The van der Waals surface area contributed by atoms with E-state index in [1.165, 1.54) is 6.42 Å². The molecule has 0 bridgehead atoms. The van der Waals surface area contributed by atoms with E-state index in [1.807, 2.05) is 0 Å². The minimum absolute atomic E-state index is 0.787. The van der Waals surface area contributed by atoms with Gasteiger partial charge < -0.3 is 5.73 Å². The summed E-state index contributed by atoms with van der Waals surface area (Å²) in [5.41, 5.74) is 6.73. The van der Waals surface area contributed by atoms with E-state index in [9.17, 15) is 0 Å². The highest BCUT2D eigenvalue weighted by atomic mass is 14.6. The zero-order chi connectivity index (χ0) is 6.85. The number of rotatable bonds is 0. The van der Waals surface area contributed by atoms with Gasteiger partial charge in [-0.25, -0.2) is 0 Å². The molecule has 1 aliphatic rings. The first-order chi connectivity index (χ1) is 4.20. The van der Waals surface area contributed by atoms with E-state index in [2.05, 4.69) is 19.9 Å². The van der Waals surface area contributed by atoms with E-state index >= 15 is 0 Å². The van der Waals surface area contributed by atoms with E-state index in [-0.39, 0.29) is 0 Å². The standard InChI is InChI=1S/C8H15N/c1-6-3-4-8(9)5-7(6)2/h4,6-7H,3,5,9H2,1-2H3. The molecule has 2 N–H and O–H groups in total. The number of allylic oxidation sites excluding steroid dienone is 2. The zero-order valence-electron chi connectivity index (χ0n) is 6.22. The molecule has 0 aromatic heterocycles. The van der Waals surface area contributed by atoms with Gasteiger partial charge in [-0.15, -0.1) is 0 Å². The monoisotopic (exact) mass is 125 g/mol. The lowest BCUT2D eigenvalue weighted by molar-refractivity contribution is 0.368. The van der Waals surface area contributed by atoms with E-state index in [1.54, 1.807) is 0 Å². The van der Waals surface area contributed by atoms with Crippen molar-refractivity contribution in [2.75, 3.05) is 0 Å². The summed E-state index contributed by atoms with van der Waals surface area (Å²) in [7, 11) is 0. The summed E-state index contributed by atoms with van der Waals surface area (Å²) in [6.45, 7) is 4.55. The predicted octanol–water partition coefficient (Wildman–Crippen LogP) is 1.90. The average Bonchev–Trinajstić information content (AvgIpc) is 1.80. The first-order valence-corrected chi connectivity index (χ1v) is 3.64. The highest BCUT2D eigenvalue weighted by Gasteiger charge is 2.15. The van der Waals surface area contributed by atoms with Crippen LogP contribution in [0.4, 0.5) is 0 Å². The Morgan fingerprint density at radius 1 is 1.44 bits per heavy atom. The Bertz CT molecular complexity index is 127. The summed E-state index contributed by atoms with van der Waals surface area (Å²) >= 11 is 0. The van der Waals surface area contributed by atoms with Crippen LogP contribution in [0.5, 0.6) is 0 Å². The Kier molecular flexibility index (Phi) is 1.79. The maximum absolute atomic E-state index is 5.65. The van der Waals surface area contributed by atoms with E-state index in [4.69, 9.17) is 5.73 Å². The molecule has 2 unspecified atom stereocenters. The Morgan fingerprint density at radius 2 is 2.11 bits per heavy atom. The molecule has 1 nitrogen and oxygen atoms in total. The average molecular weight is 125 g/mol. The predicted molar refractivity (Wildman–Crippen MR) is 39.8 cm³/mol. The van der Waals surface area contributed by atoms with Gasteiger partial charge in [0.1, 0.15) is 0 Å². The van der Waals surface area contributed by atoms with Crippen LogP contribution in [0.15, 0.2) is 11.8 Å². The molecule has 0 heterocycles. The van der Waals surface area contributed by atoms with Gasteiger partial charge in [-0.3, -0.25) is 0 Å². The maximum Gasteiger partial charge on any atom is 0.00428 e. The lowest BCUT2D eigenvalue weighted by Gasteiger charge is -2.23. The van der Waals surface area contributed by atoms with Crippen molar-refractivity contribution in [3.8, 4) is 0 Å². The zero-order valence-corrected chi connectivity index (χ0v) is 6.22. The summed E-state index contributed by atoms with van der Waals surface area (Å²) in [5, 5.41) is 0. The molecule has 0 aromatic carbocycles. The van der Waals surface area contributed by atoms with Crippen LogP contribution in [0, 0.1) is 11.8 Å². The third-order valence-corrected chi connectivity index (χ3v) is 2.28. The molecule has 0 aliphatic heterocycles. The molecule has 0 saturated heterocycles. The first-order valence-electron chi connectivity index (χ1n) is 3.64.